The highest BCUT2D eigenvalue weighted by Crippen LogP contribution is 2.11. The van der Waals surface area contributed by atoms with Crippen LogP contribution >= 0.6 is 0 Å². The molecule has 0 aromatic heterocycles. The number of likely N-dealkylation sites (N-methyl/N-ethyl adjacent to an activating group) is 3. The average Bonchev–Trinajstić information content (AvgIpc) is 2.36. The lowest BCUT2D eigenvalue weighted by Crippen LogP contribution is -2.39. The van der Waals surface area contributed by atoms with E-state index in [1.165, 1.54) is 0 Å². The first-order chi connectivity index (χ1) is 8.50. The van der Waals surface area contributed by atoms with Crippen molar-refractivity contribution in [3.63, 3.8) is 0 Å². The number of carbonyl (C=O) groups excluding carboxylic acids is 1. The Morgan fingerprint density at radius 1 is 1.00 bits per heavy atom. The Morgan fingerprint density at radius 2 is 1.61 bits per heavy atom. The maximum absolute atomic E-state index is 12.1. The summed E-state index contributed by atoms with van der Waals surface area (Å²) >= 11 is 0. The number of amides is 1. The van der Waals surface area contributed by atoms with Crippen LogP contribution in [0.1, 0.15) is 0 Å². The van der Waals surface area contributed by atoms with Crippen LogP contribution in [0.15, 0.2) is 30.3 Å². The Hall–Kier alpha value is -1.39. The Labute approximate surface area is 110 Å². The summed E-state index contributed by atoms with van der Waals surface area (Å²) in [6.45, 7) is 2.29. The molecule has 0 fully saturated rings. The van der Waals surface area contributed by atoms with Gasteiger partial charge in [0.2, 0.25) is 5.91 Å². The SMILES string of the molecule is CN(C)CCN(C)CC(=O)N(C)c1ccccc1. The Balaban J connectivity index is 2.45. The van der Waals surface area contributed by atoms with Crippen molar-refractivity contribution in [3.8, 4) is 0 Å². The van der Waals surface area contributed by atoms with Crippen LogP contribution in [-0.2, 0) is 4.79 Å². The molecule has 0 saturated heterocycles. The maximum Gasteiger partial charge on any atom is 0.240 e. The number of hydrogen-bond donors (Lipinski definition) is 0. The van der Waals surface area contributed by atoms with Crippen molar-refractivity contribution in [1.29, 1.82) is 0 Å². The predicted octanol–water partition coefficient (Wildman–Crippen LogP) is 1.14. The van der Waals surface area contributed by atoms with Crippen molar-refractivity contribution < 1.29 is 4.79 Å². The summed E-state index contributed by atoms with van der Waals surface area (Å²) in [5.74, 6) is 0.113. The molecule has 0 radical (unpaired) electrons. The van der Waals surface area contributed by atoms with Gasteiger partial charge in [0.1, 0.15) is 0 Å². The number of carbonyl (C=O) groups is 1. The normalized spacial score (nSPS) is 11.0. The standard InChI is InChI=1S/C14H23N3O/c1-15(2)10-11-16(3)12-14(18)17(4)13-8-6-5-7-9-13/h5-9H,10-12H2,1-4H3. The highest BCUT2D eigenvalue weighted by molar-refractivity contribution is 5.94. The molecule has 1 aromatic rings. The number of benzene rings is 1. The zero-order chi connectivity index (χ0) is 13.5. The monoisotopic (exact) mass is 249 g/mol. The highest BCUT2D eigenvalue weighted by atomic mass is 16.2. The summed E-state index contributed by atoms with van der Waals surface area (Å²) in [6, 6.07) is 9.71. The number of rotatable bonds is 6. The van der Waals surface area contributed by atoms with Gasteiger partial charge in [-0.3, -0.25) is 9.69 Å². The third-order valence-electron chi connectivity index (χ3n) is 2.85. The van der Waals surface area contributed by atoms with Crippen molar-refractivity contribution in [2.75, 3.05) is 52.7 Å². The second-order valence-corrected chi connectivity index (χ2v) is 4.83. The van der Waals surface area contributed by atoms with E-state index >= 15 is 0 Å². The molecule has 1 rings (SSSR count). The van der Waals surface area contributed by atoms with E-state index < -0.39 is 0 Å². The third-order valence-corrected chi connectivity index (χ3v) is 2.85. The van der Waals surface area contributed by atoms with Crippen LogP contribution in [0.3, 0.4) is 0 Å². The number of nitrogens with zero attached hydrogens (tertiary/aromatic N) is 3. The molecule has 0 unspecified atom stereocenters. The molecule has 18 heavy (non-hydrogen) atoms. The molecule has 0 spiro atoms. The minimum Gasteiger partial charge on any atom is -0.314 e. The van der Waals surface area contributed by atoms with E-state index in [1.54, 1.807) is 4.90 Å². The molecule has 1 amide bonds. The third kappa shape index (κ3) is 4.85. The molecule has 0 aliphatic rings. The molecular formula is C14H23N3O. The van der Waals surface area contributed by atoms with Crippen molar-refractivity contribution >= 4 is 11.6 Å². The smallest absolute Gasteiger partial charge is 0.240 e. The average molecular weight is 249 g/mol. The molecule has 0 bridgehead atoms. The van der Waals surface area contributed by atoms with Gasteiger partial charge in [0, 0.05) is 25.8 Å². The number of hydrogen-bond acceptors (Lipinski definition) is 3. The molecule has 100 valence electrons. The summed E-state index contributed by atoms with van der Waals surface area (Å²) < 4.78 is 0. The number of para-hydroxylation sites is 1. The Morgan fingerprint density at radius 3 is 2.17 bits per heavy atom. The van der Waals surface area contributed by atoms with Crippen molar-refractivity contribution in [3.05, 3.63) is 30.3 Å². The van der Waals surface area contributed by atoms with E-state index in [0.29, 0.717) is 6.54 Å². The fourth-order valence-corrected chi connectivity index (χ4v) is 1.58. The van der Waals surface area contributed by atoms with Crippen molar-refractivity contribution in [2.45, 2.75) is 0 Å². The second kappa shape index (κ2) is 7.13. The van der Waals surface area contributed by atoms with E-state index in [9.17, 15) is 4.79 Å². The van der Waals surface area contributed by atoms with Crippen LogP contribution in [0.4, 0.5) is 5.69 Å². The molecule has 0 aliphatic carbocycles. The molecular weight excluding hydrogens is 226 g/mol. The Bertz CT molecular complexity index is 365. The summed E-state index contributed by atoms with van der Waals surface area (Å²) in [6.07, 6.45) is 0. The lowest BCUT2D eigenvalue weighted by molar-refractivity contribution is -0.119. The summed E-state index contributed by atoms with van der Waals surface area (Å²) in [5, 5.41) is 0. The van der Waals surface area contributed by atoms with E-state index in [4.69, 9.17) is 0 Å². The topological polar surface area (TPSA) is 26.8 Å². The van der Waals surface area contributed by atoms with Gasteiger partial charge in [0.25, 0.3) is 0 Å². The molecule has 0 N–H and O–H groups in total. The van der Waals surface area contributed by atoms with Gasteiger partial charge in [0.15, 0.2) is 0 Å². The molecule has 0 saturated carbocycles. The first-order valence-corrected chi connectivity index (χ1v) is 6.15. The zero-order valence-electron chi connectivity index (χ0n) is 11.8. The minimum absolute atomic E-state index is 0.113. The first kappa shape index (κ1) is 14.7. The van der Waals surface area contributed by atoms with Gasteiger partial charge in [-0.1, -0.05) is 18.2 Å². The summed E-state index contributed by atoms with van der Waals surface area (Å²) in [5.41, 5.74) is 0.934. The molecule has 0 atom stereocenters. The van der Waals surface area contributed by atoms with Crippen LogP contribution in [0, 0.1) is 0 Å². The van der Waals surface area contributed by atoms with Crippen molar-refractivity contribution in [1.82, 2.24) is 9.80 Å². The maximum atomic E-state index is 12.1. The number of anilines is 1. The fourth-order valence-electron chi connectivity index (χ4n) is 1.58. The predicted molar refractivity (Wildman–Crippen MR) is 75.9 cm³/mol. The first-order valence-electron chi connectivity index (χ1n) is 6.15. The van der Waals surface area contributed by atoms with Crippen LogP contribution in [0.2, 0.25) is 0 Å². The van der Waals surface area contributed by atoms with Gasteiger partial charge in [0.05, 0.1) is 6.54 Å². The largest absolute Gasteiger partial charge is 0.314 e. The van der Waals surface area contributed by atoms with Gasteiger partial charge >= 0.3 is 0 Å². The van der Waals surface area contributed by atoms with E-state index in [1.807, 2.05) is 63.4 Å². The zero-order valence-corrected chi connectivity index (χ0v) is 11.8. The summed E-state index contributed by atoms with van der Waals surface area (Å²) in [7, 11) is 7.86. The molecule has 4 heteroatoms. The lowest BCUT2D eigenvalue weighted by Gasteiger charge is -2.23. The van der Waals surface area contributed by atoms with E-state index in [-0.39, 0.29) is 5.91 Å². The lowest BCUT2D eigenvalue weighted by atomic mass is 10.3. The van der Waals surface area contributed by atoms with Crippen LogP contribution < -0.4 is 4.90 Å². The van der Waals surface area contributed by atoms with E-state index in [0.717, 1.165) is 18.8 Å². The Kier molecular flexibility index (Phi) is 5.82. The van der Waals surface area contributed by atoms with Gasteiger partial charge < -0.3 is 9.80 Å². The van der Waals surface area contributed by atoms with Gasteiger partial charge in [-0.05, 0) is 33.3 Å². The fraction of sp³-hybridized carbons (Fsp3) is 0.500. The van der Waals surface area contributed by atoms with E-state index in [2.05, 4.69) is 4.90 Å². The van der Waals surface area contributed by atoms with Gasteiger partial charge in [-0.15, -0.1) is 0 Å². The molecule has 1 aromatic carbocycles. The van der Waals surface area contributed by atoms with Crippen LogP contribution in [-0.4, -0.2) is 63.5 Å². The molecule has 0 aliphatic heterocycles. The quantitative estimate of drug-likeness (QED) is 0.756. The second-order valence-electron chi connectivity index (χ2n) is 4.83. The van der Waals surface area contributed by atoms with Crippen molar-refractivity contribution in [2.24, 2.45) is 0 Å². The molecule has 0 heterocycles. The van der Waals surface area contributed by atoms with Gasteiger partial charge in [-0.25, -0.2) is 0 Å². The summed E-state index contributed by atoms with van der Waals surface area (Å²) in [4.78, 5) is 17.9. The van der Waals surface area contributed by atoms with Crippen LogP contribution in [0.5, 0.6) is 0 Å². The van der Waals surface area contributed by atoms with Crippen LogP contribution in [0.25, 0.3) is 0 Å². The minimum atomic E-state index is 0.113. The molecule has 4 nitrogen and oxygen atoms in total. The van der Waals surface area contributed by atoms with Gasteiger partial charge in [-0.2, -0.15) is 0 Å². The highest BCUT2D eigenvalue weighted by Gasteiger charge is 2.12.